The van der Waals surface area contributed by atoms with Gasteiger partial charge in [0.15, 0.2) is 9.84 Å². The van der Waals surface area contributed by atoms with Gasteiger partial charge in [-0.2, -0.15) is 0 Å². The molecule has 0 radical (unpaired) electrons. The maximum Gasteiger partial charge on any atom is 0.183 e. The predicted molar refractivity (Wildman–Crippen MR) is 95.0 cm³/mol. The highest BCUT2D eigenvalue weighted by Crippen LogP contribution is 2.55. The van der Waals surface area contributed by atoms with Gasteiger partial charge < -0.3 is 10.5 Å². The molecule has 2 aromatic carbocycles. The van der Waals surface area contributed by atoms with Gasteiger partial charge in [0.2, 0.25) is 0 Å². The quantitative estimate of drug-likeness (QED) is 0.831. The summed E-state index contributed by atoms with van der Waals surface area (Å²) in [7, 11) is -3.69. The SMILES string of the molecule is CCOC[C@]1(N)[C@H](c2ccc(F)cc2)[C@@H]1S(=O)(=O)c1ccc(Cl)cc1. The molecule has 2 N–H and O–H groups in total. The molecule has 0 saturated heterocycles. The number of hydrogen-bond donors (Lipinski definition) is 1. The molecule has 25 heavy (non-hydrogen) atoms. The fourth-order valence-corrected chi connectivity index (χ4v) is 5.68. The van der Waals surface area contributed by atoms with Crippen LogP contribution in [0.25, 0.3) is 0 Å². The van der Waals surface area contributed by atoms with Crippen molar-refractivity contribution in [2.24, 2.45) is 5.73 Å². The van der Waals surface area contributed by atoms with Crippen molar-refractivity contribution in [1.29, 1.82) is 0 Å². The zero-order chi connectivity index (χ0) is 18.2. The van der Waals surface area contributed by atoms with E-state index in [-0.39, 0.29) is 17.3 Å². The van der Waals surface area contributed by atoms with Gasteiger partial charge in [0.05, 0.1) is 22.3 Å². The third kappa shape index (κ3) is 3.31. The van der Waals surface area contributed by atoms with Crippen LogP contribution < -0.4 is 5.73 Å². The Labute approximate surface area is 151 Å². The summed E-state index contributed by atoms with van der Waals surface area (Å²) < 4.78 is 44.8. The second-order valence-electron chi connectivity index (χ2n) is 6.20. The van der Waals surface area contributed by atoms with E-state index in [1.54, 1.807) is 12.1 Å². The second-order valence-corrected chi connectivity index (χ2v) is 8.70. The first-order chi connectivity index (χ1) is 11.8. The number of hydrogen-bond acceptors (Lipinski definition) is 4. The van der Waals surface area contributed by atoms with Crippen molar-refractivity contribution in [3.63, 3.8) is 0 Å². The Kier molecular flexibility index (Phi) is 4.90. The van der Waals surface area contributed by atoms with Crippen molar-refractivity contribution in [3.8, 4) is 0 Å². The Bertz CT molecular complexity index is 855. The Morgan fingerprint density at radius 1 is 1.16 bits per heavy atom. The smallest absolute Gasteiger partial charge is 0.183 e. The highest BCUT2D eigenvalue weighted by molar-refractivity contribution is 7.92. The van der Waals surface area contributed by atoms with Crippen LogP contribution in [-0.4, -0.2) is 32.4 Å². The molecular formula is C18H19ClFNO3S. The van der Waals surface area contributed by atoms with E-state index in [9.17, 15) is 12.8 Å². The molecular weight excluding hydrogens is 365 g/mol. The summed E-state index contributed by atoms with van der Waals surface area (Å²) in [6, 6.07) is 11.8. The number of nitrogens with two attached hydrogens (primary N) is 1. The zero-order valence-electron chi connectivity index (χ0n) is 13.7. The molecule has 1 fully saturated rings. The van der Waals surface area contributed by atoms with Crippen molar-refractivity contribution < 1.29 is 17.5 Å². The standard InChI is InChI=1S/C18H19ClFNO3S/c1-2-24-11-18(21)16(12-3-7-14(20)8-4-12)17(18)25(22,23)15-9-5-13(19)6-10-15/h3-10,16-17H,2,11,21H2,1H3/t16-,17+,18+/m1/s1. The Balaban J connectivity index is 1.99. The lowest BCUT2D eigenvalue weighted by Gasteiger charge is -2.12. The monoisotopic (exact) mass is 383 g/mol. The molecule has 0 bridgehead atoms. The van der Waals surface area contributed by atoms with Crippen molar-refractivity contribution in [3.05, 3.63) is 64.9 Å². The summed E-state index contributed by atoms with van der Waals surface area (Å²) in [6.45, 7) is 2.37. The second kappa shape index (κ2) is 6.68. The third-order valence-electron chi connectivity index (χ3n) is 4.56. The van der Waals surface area contributed by atoms with Gasteiger partial charge in [0.25, 0.3) is 0 Å². The minimum absolute atomic E-state index is 0.114. The van der Waals surface area contributed by atoms with E-state index >= 15 is 0 Å². The van der Waals surface area contributed by atoms with Crippen LogP contribution in [0.4, 0.5) is 4.39 Å². The molecule has 2 aromatic rings. The normalized spacial score (nSPS) is 25.8. The molecule has 4 nitrogen and oxygen atoms in total. The third-order valence-corrected chi connectivity index (χ3v) is 7.12. The highest BCUT2D eigenvalue weighted by atomic mass is 35.5. The molecule has 0 aromatic heterocycles. The van der Waals surface area contributed by atoms with Gasteiger partial charge >= 0.3 is 0 Å². The van der Waals surface area contributed by atoms with E-state index in [0.717, 1.165) is 0 Å². The van der Waals surface area contributed by atoms with Crippen LogP contribution in [0.2, 0.25) is 5.02 Å². The summed E-state index contributed by atoms with van der Waals surface area (Å²) in [6.07, 6.45) is 0. The van der Waals surface area contributed by atoms with Gasteiger partial charge in [0, 0.05) is 17.5 Å². The molecule has 1 aliphatic rings. The molecule has 3 rings (SSSR count). The predicted octanol–water partition coefficient (Wildman–Crippen LogP) is 3.15. The maximum absolute atomic E-state index is 13.2. The van der Waals surface area contributed by atoms with Gasteiger partial charge in [-0.1, -0.05) is 23.7 Å². The molecule has 3 atom stereocenters. The molecule has 1 saturated carbocycles. The molecule has 0 heterocycles. The lowest BCUT2D eigenvalue weighted by atomic mass is 10.1. The van der Waals surface area contributed by atoms with Crippen molar-refractivity contribution in [2.75, 3.05) is 13.2 Å². The van der Waals surface area contributed by atoms with Gasteiger partial charge in [-0.3, -0.25) is 0 Å². The molecule has 0 spiro atoms. The summed E-state index contributed by atoms with van der Waals surface area (Å²) in [5.74, 6) is -0.839. The summed E-state index contributed by atoms with van der Waals surface area (Å²) in [4.78, 5) is 0.165. The topological polar surface area (TPSA) is 69.4 Å². The molecule has 1 aliphatic carbocycles. The van der Waals surface area contributed by atoms with Crippen molar-refractivity contribution in [2.45, 2.75) is 28.5 Å². The van der Waals surface area contributed by atoms with E-state index in [1.165, 1.54) is 36.4 Å². The lowest BCUT2D eigenvalue weighted by Crippen LogP contribution is -2.36. The Morgan fingerprint density at radius 3 is 2.32 bits per heavy atom. The minimum atomic E-state index is -3.69. The summed E-state index contributed by atoms with van der Waals surface area (Å²) >= 11 is 5.85. The highest BCUT2D eigenvalue weighted by Gasteiger charge is 2.69. The van der Waals surface area contributed by atoms with Crippen molar-refractivity contribution >= 4 is 21.4 Å². The van der Waals surface area contributed by atoms with Crippen molar-refractivity contribution in [1.82, 2.24) is 0 Å². The van der Waals surface area contributed by atoms with Gasteiger partial charge in [-0.15, -0.1) is 0 Å². The van der Waals surface area contributed by atoms with Gasteiger partial charge in [-0.25, -0.2) is 12.8 Å². The number of ether oxygens (including phenoxy) is 1. The molecule has 7 heteroatoms. The van der Waals surface area contributed by atoms with Gasteiger partial charge in [-0.05, 0) is 48.9 Å². The molecule has 134 valence electrons. The maximum atomic E-state index is 13.2. The Morgan fingerprint density at radius 2 is 1.76 bits per heavy atom. The Hall–Kier alpha value is -1.47. The van der Waals surface area contributed by atoms with Crippen LogP contribution >= 0.6 is 11.6 Å². The first kappa shape index (κ1) is 18.3. The zero-order valence-corrected chi connectivity index (χ0v) is 15.2. The lowest BCUT2D eigenvalue weighted by molar-refractivity contribution is 0.125. The number of benzene rings is 2. The number of halogens is 2. The number of sulfone groups is 1. The van der Waals surface area contributed by atoms with Crippen LogP contribution in [0.15, 0.2) is 53.4 Å². The molecule has 0 aliphatic heterocycles. The van der Waals surface area contributed by atoms with Crippen LogP contribution in [-0.2, 0) is 14.6 Å². The van der Waals surface area contributed by atoms with E-state index in [0.29, 0.717) is 17.2 Å². The van der Waals surface area contributed by atoms with E-state index in [2.05, 4.69) is 0 Å². The van der Waals surface area contributed by atoms with E-state index < -0.39 is 26.5 Å². The van der Waals surface area contributed by atoms with Crippen LogP contribution in [0.1, 0.15) is 18.4 Å². The molecule has 0 amide bonds. The molecule has 0 unspecified atom stereocenters. The average molecular weight is 384 g/mol. The number of rotatable bonds is 6. The van der Waals surface area contributed by atoms with E-state index in [1.807, 2.05) is 6.92 Å². The first-order valence-electron chi connectivity index (χ1n) is 7.92. The van der Waals surface area contributed by atoms with Crippen LogP contribution in [0.3, 0.4) is 0 Å². The summed E-state index contributed by atoms with van der Waals surface area (Å²) in [5, 5.41) is -0.378. The fraction of sp³-hybridized carbons (Fsp3) is 0.333. The van der Waals surface area contributed by atoms with Crippen LogP contribution in [0.5, 0.6) is 0 Å². The minimum Gasteiger partial charge on any atom is -0.380 e. The first-order valence-corrected chi connectivity index (χ1v) is 9.84. The summed E-state index contributed by atoms with van der Waals surface area (Å²) in [5.41, 5.74) is 6.06. The van der Waals surface area contributed by atoms with Crippen LogP contribution in [0, 0.1) is 5.82 Å². The van der Waals surface area contributed by atoms with Gasteiger partial charge in [0.1, 0.15) is 5.82 Å². The fourth-order valence-electron chi connectivity index (χ4n) is 3.27. The largest absolute Gasteiger partial charge is 0.380 e. The average Bonchev–Trinajstić information content (AvgIpc) is 3.21. The van der Waals surface area contributed by atoms with E-state index in [4.69, 9.17) is 22.1 Å².